The van der Waals surface area contributed by atoms with E-state index in [0.29, 0.717) is 36.9 Å². The van der Waals surface area contributed by atoms with Gasteiger partial charge in [0.15, 0.2) is 0 Å². The smallest absolute Gasteiger partial charge is 0.265 e. The van der Waals surface area contributed by atoms with Gasteiger partial charge < -0.3 is 14.4 Å². The van der Waals surface area contributed by atoms with Gasteiger partial charge >= 0.3 is 0 Å². The Morgan fingerprint density at radius 1 is 1.17 bits per heavy atom. The number of thiophene rings is 1. The molecule has 4 rings (SSSR count). The van der Waals surface area contributed by atoms with Crippen molar-refractivity contribution in [3.63, 3.8) is 0 Å². The molecule has 1 amide bonds. The SMILES string of the molecule is COc1ccc(F)cc1S(=O)(=O)Nc1ccc2sc(C(=O)N3CCOCC3)cc2c1. The average molecular weight is 451 g/mol. The molecule has 30 heavy (non-hydrogen) atoms. The zero-order valence-electron chi connectivity index (χ0n) is 16.1. The Kier molecular flexibility index (Phi) is 5.63. The summed E-state index contributed by atoms with van der Waals surface area (Å²) in [6.07, 6.45) is 0. The molecule has 0 saturated carbocycles. The molecule has 0 radical (unpaired) electrons. The van der Waals surface area contributed by atoms with E-state index in [-0.39, 0.29) is 16.6 Å². The van der Waals surface area contributed by atoms with Crippen LogP contribution in [0.5, 0.6) is 5.75 Å². The molecular weight excluding hydrogens is 431 g/mol. The zero-order valence-corrected chi connectivity index (χ0v) is 17.7. The second-order valence-electron chi connectivity index (χ2n) is 6.67. The van der Waals surface area contributed by atoms with E-state index >= 15 is 0 Å². The normalized spacial score (nSPS) is 14.7. The minimum atomic E-state index is -4.07. The zero-order chi connectivity index (χ0) is 21.3. The van der Waals surface area contributed by atoms with Crippen molar-refractivity contribution in [2.45, 2.75) is 4.90 Å². The van der Waals surface area contributed by atoms with Crippen LogP contribution < -0.4 is 9.46 Å². The molecule has 1 aromatic heterocycles. The van der Waals surface area contributed by atoms with Gasteiger partial charge in [-0.05, 0) is 47.9 Å². The summed E-state index contributed by atoms with van der Waals surface area (Å²) < 4.78 is 52.8. The number of hydrogen-bond donors (Lipinski definition) is 1. The fourth-order valence-corrected chi connectivity index (χ4v) is 5.45. The Bertz CT molecular complexity index is 1200. The van der Waals surface area contributed by atoms with E-state index in [2.05, 4.69) is 4.72 Å². The van der Waals surface area contributed by atoms with Crippen molar-refractivity contribution in [3.8, 4) is 5.75 Å². The fourth-order valence-electron chi connectivity index (χ4n) is 3.21. The van der Waals surface area contributed by atoms with Gasteiger partial charge in [0.05, 0.1) is 25.2 Å². The predicted octanol–water partition coefficient (Wildman–Crippen LogP) is 3.32. The Labute approximate surface area is 177 Å². The number of morpholine rings is 1. The van der Waals surface area contributed by atoms with Crippen molar-refractivity contribution in [2.75, 3.05) is 38.1 Å². The lowest BCUT2D eigenvalue weighted by atomic mass is 10.2. The highest BCUT2D eigenvalue weighted by molar-refractivity contribution is 7.92. The lowest BCUT2D eigenvalue weighted by Crippen LogP contribution is -2.40. The van der Waals surface area contributed by atoms with E-state index in [4.69, 9.17) is 9.47 Å². The highest BCUT2D eigenvalue weighted by Gasteiger charge is 2.22. The van der Waals surface area contributed by atoms with Crippen LogP contribution in [0.2, 0.25) is 0 Å². The maximum Gasteiger partial charge on any atom is 0.265 e. The lowest BCUT2D eigenvalue weighted by molar-refractivity contribution is 0.0306. The fraction of sp³-hybridized carbons (Fsp3) is 0.250. The van der Waals surface area contributed by atoms with Gasteiger partial charge in [0, 0.05) is 23.5 Å². The van der Waals surface area contributed by atoms with Crippen molar-refractivity contribution in [1.29, 1.82) is 0 Å². The number of benzene rings is 2. The van der Waals surface area contributed by atoms with Gasteiger partial charge in [-0.1, -0.05) is 0 Å². The Morgan fingerprint density at radius 3 is 2.67 bits per heavy atom. The number of hydrogen-bond acceptors (Lipinski definition) is 6. The van der Waals surface area contributed by atoms with Crippen LogP contribution in [-0.2, 0) is 14.8 Å². The third kappa shape index (κ3) is 4.11. The average Bonchev–Trinajstić information content (AvgIpc) is 3.17. The largest absolute Gasteiger partial charge is 0.495 e. The van der Waals surface area contributed by atoms with Crippen molar-refractivity contribution in [2.24, 2.45) is 0 Å². The summed E-state index contributed by atoms with van der Waals surface area (Å²) in [5, 5.41) is 0.739. The summed E-state index contributed by atoms with van der Waals surface area (Å²) >= 11 is 1.35. The summed E-state index contributed by atoms with van der Waals surface area (Å²) in [7, 11) is -2.76. The van der Waals surface area contributed by atoms with Crippen LogP contribution in [0, 0.1) is 5.82 Å². The van der Waals surface area contributed by atoms with Gasteiger partial charge in [-0.3, -0.25) is 9.52 Å². The summed E-state index contributed by atoms with van der Waals surface area (Å²) in [5.74, 6) is -0.708. The first-order valence-corrected chi connectivity index (χ1v) is 11.4. The number of nitrogens with one attached hydrogen (secondary N) is 1. The molecule has 0 aliphatic carbocycles. The third-order valence-corrected chi connectivity index (χ3v) is 7.20. The third-order valence-electron chi connectivity index (χ3n) is 4.69. The quantitative estimate of drug-likeness (QED) is 0.645. The van der Waals surface area contributed by atoms with E-state index < -0.39 is 15.8 Å². The van der Waals surface area contributed by atoms with Crippen LogP contribution in [0.4, 0.5) is 10.1 Å². The van der Waals surface area contributed by atoms with E-state index in [9.17, 15) is 17.6 Å². The molecule has 0 unspecified atom stereocenters. The number of methoxy groups -OCH3 is 1. The van der Waals surface area contributed by atoms with Crippen molar-refractivity contribution in [1.82, 2.24) is 4.90 Å². The number of anilines is 1. The van der Waals surface area contributed by atoms with Gasteiger partial charge in [0.25, 0.3) is 15.9 Å². The molecular formula is C20H19FN2O5S2. The number of carbonyl (C=O) groups is 1. The molecule has 1 aliphatic rings. The van der Waals surface area contributed by atoms with Crippen LogP contribution in [0.3, 0.4) is 0 Å². The summed E-state index contributed by atoms with van der Waals surface area (Å²) in [5.41, 5.74) is 0.303. The molecule has 0 bridgehead atoms. The molecule has 2 heterocycles. The lowest BCUT2D eigenvalue weighted by Gasteiger charge is -2.26. The van der Waals surface area contributed by atoms with E-state index in [1.54, 1.807) is 29.2 Å². The first-order valence-electron chi connectivity index (χ1n) is 9.14. The highest BCUT2D eigenvalue weighted by atomic mass is 32.2. The van der Waals surface area contributed by atoms with Crippen molar-refractivity contribution >= 4 is 43.0 Å². The van der Waals surface area contributed by atoms with Crippen LogP contribution >= 0.6 is 11.3 Å². The van der Waals surface area contributed by atoms with Gasteiger partial charge in [-0.15, -0.1) is 11.3 Å². The number of ether oxygens (including phenoxy) is 2. The molecule has 158 valence electrons. The van der Waals surface area contributed by atoms with E-state index in [1.165, 1.54) is 24.5 Å². The number of rotatable bonds is 5. The van der Waals surface area contributed by atoms with Gasteiger partial charge in [0.2, 0.25) is 0 Å². The van der Waals surface area contributed by atoms with E-state index in [0.717, 1.165) is 22.2 Å². The topological polar surface area (TPSA) is 84.9 Å². The minimum absolute atomic E-state index is 0.0407. The number of sulfonamides is 1. The monoisotopic (exact) mass is 450 g/mol. The minimum Gasteiger partial charge on any atom is -0.495 e. The van der Waals surface area contributed by atoms with Crippen LogP contribution in [0.1, 0.15) is 9.67 Å². The molecule has 1 saturated heterocycles. The van der Waals surface area contributed by atoms with Crippen LogP contribution in [-0.4, -0.2) is 52.6 Å². The maximum atomic E-state index is 13.6. The number of carbonyl (C=O) groups excluding carboxylic acids is 1. The Balaban J connectivity index is 1.61. The first kappa shape index (κ1) is 20.6. The first-order chi connectivity index (χ1) is 14.4. The Morgan fingerprint density at radius 2 is 1.93 bits per heavy atom. The maximum absolute atomic E-state index is 13.6. The number of fused-ring (bicyclic) bond motifs is 1. The highest BCUT2D eigenvalue weighted by Crippen LogP contribution is 2.31. The van der Waals surface area contributed by atoms with Gasteiger partial charge in [0.1, 0.15) is 16.5 Å². The number of amides is 1. The molecule has 10 heteroatoms. The van der Waals surface area contributed by atoms with Gasteiger partial charge in [-0.25, -0.2) is 12.8 Å². The molecule has 7 nitrogen and oxygen atoms in total. The van der Waals surface area contributed by atoms with E-state index in [1.807, 2.05) is 0 Å². The summed E-state index contributed by atoms with van der Waals surface area (Å²) in [6, 6.07) is 10.0. The molecule has 1 aliphatic heterocycles. The number of halogens is 1. The standard InChI is InChI=1S/C20H19FN2O5S2/c1-27-16-4-2-14(21)12-19(16)30(25,26)22-15-3-5-17-13(10-15)11-18(29-17)20(24)23-6-8-28-9-7-23/h2-5,10-12,22H,6-9H2,1H3. The Hall–Kier alpha value is -2.69. The summed E-state index contributed by atoms with van der Waals surface area (Å²) in [6.45, 7) is 2.14. The van der Waals surface area contributed by atoms with Gasteiger partial charge in [-0.2, -0.15) is 0 Å². The number of nitrogens with zero attached hydrogens (tertiary/aromatic N) is 1. The summed E-state index contributed by atoms with van der Waals surface area (Å²) in [4.78, 5) is 14.7. The molecule has 1 fully saturated rings. The predicted molar refractivity (Wildman–Crippen MR) is 112 cm³/mol. The molecule has 3 aromatic rings. The molecule has 1 N–H and O–H groups in total. The van der Waals surface area contributed by atoms with Crippen molar-refractivity contribution in [3.05, 3.63) is 53.2 Å². The second-order valence-corrected chi connectivity index (χ2v) is 9.40. The molecule has 2 aromatic carbocycles. The second kappa shape index (κ2) is 8.21. The van der Waals surface area contributed by atoms with Crippen molar-refractivity contribution < 1.29 is 27.1 Å². The van der Waals surface area contributed by atoms with Crippen LogP contribution in [0.25, 0.3) is 10.1 Å². The van der Waals surface area contributed by atoms with Crippen LogP contribution in [0.15, 0.2) is 47.4 Å². The molecule has 0 atom stereocenters. The molecule has 0 spiro atoms.